The summed E-state index contributed by atoms with van der Waals surface area (Å²) in [5.41, 5.74) is 1.26. The van der Waals surface area contributed by atoms with Gasteiger partial charge in [-0.25, -0.2) is 0 Å². The van der Waals surface area contributed by atoms with Crippen molar-refractivity contribution in [2.24, 2.45) is 0 Å². The van der Waals surface area contributed by atoms with E-state index < -0.39 is 0 Å². The van der Waals surface area contributed by atoms with Gasteiger partial charge < -0.3 is 5.32 Å². The van der Waals surface area contributed by atoms with Gasteiger partial charge in [-0.15, -0.1) is 10.2 Å². The lowest BCUT2D eigenvalue weighted by Crippen LogP contribution is -2.18. The molecule has 8 heteroatoms. The van der Waals surface area contributed by atoms with Crippen LogP contribution in [0, 0.1) is 0 Å². The molecule has 0 saturated heterocycles. The van der Waals surface area contributed by atoms with Crippen molar-refractivity contribution in [1.29, 1.82) is 0 Å². The number of carbonyl (C=O) groups is 2. The molecule has 2 amide bonds. The smallest absolute Gasteiger partial charge is 0.259 e. The molecule has 6 nitrogen and oxygen atoms in total. The van der Waals surface area contributed by atoms with Crippen LogP contribution in [0.2, 0.25) is 0 Å². The van der Waals surface area contributed by atoms with E-state index >= 15 is 0 Å². The van der Waals surface area contributed by atoms with E-state index in [0.29, 0.717) is 26.4 Å². The number of carbonyl (C=O) groups excluding carboxylic acids is 2. The predicted molar refractivity (Wildman–Crippen MR) is 106 cm³/mol. The zero-order valence-electron chi connectivity index (χ0n) is 13.8. The molecule has 0 aliphatic rings. The quantitative estimate of drug-likeness (QED) is 0.629. The van der Waals surface area contributed by atoms with Crippen LogP contribution in [0.3, 0.4) is 0 Å². The minimum Gasteiger partial charge on any atom is -0.321 e. The van der Waals surface area contributed by atoms with Crippen LogP contribution in [-0.2, 0) is 6.42 Å². The van der Waals surface area contributed by atoms with Crippen LogP contribution < -0.4 is 10.6 Å². The Kier molecular flexibility index (Phi) is 5.75. The van der Waals surface area contributed by atoms with E-state index in [9.17, 15) is 9.59 Å². The molecule has 2 aromatic carbocycles. The Morgan fingerprint density at radius 2 is 1.62 bits per heavy atom. The number of nitrogens with one attached hydrogen (secondary N) is 2. The van der Waals surface area contributed by atoms with Crippen LogP contribution in [-0.4, -0.2) is 22.0 Å². The zero-order chi connectivity index (χ0) is 18.5. The van der Waals surface area contributed by atoms with Gasteiger partial charge in [0.2, 0.25) is 5.13 Å². The van der Waals surface area contributed by atoms with Gasteiger partial charge >= 0.3 is 0 Å². The van der Waals surface area contributed by atoms with Crippen LogP contribution in [0.4, 0.5) is 10.8 Å². The summed E-state index contributed by atoms with van der Waals surface area (Å²) in [5, 5.41) is 14.7. The lowest BCUT2D eigenvalue weighted by molar-refractivity contribution is 0.102. The number of halogens is 1. The second-order valence-electron chi connectivity index (χ2n) is 5.29. The van der Waals surface area contributed by atoms with Crippen molar-refractivity contribution in [1.82, 2.24) is 10.2 Å². The summed E-state index contributed by atoms with van der Waals surface area (Å²) >= 11 is 4.68. The molecule has 0 aliphatic heterocycles. The Morgan fingerprint density at radius 1 is 0.962 bits per heavy atom. The Bertz CT molecular complexity index is 958. The molecule has 2 N–H and O–H groups in total. The molecule has 3 rings (SSSR count). The fourth-order valence-electron chi connectivity index (χ4n) is 2.24. The van der Waals surface area contributed by atoms with Crippen molar-refractivity contribution >= 4 is 49.9 Å². The predicted octanol–water partition coefficient (Wildman–Crippen LogP) is 4.37. The molecule has 26 heavy (non-hydrogen) atoms. The number of hydrogen-bond acceptors (Lipinski definition) is 5. The molecular weight excluding hydrogens is 416 g/mol. The zero-order valence-corrected chi connectivity index (χ0v) is 16.2. The summed E-state index contributed by atoms with van der Waals surface area (Å²) in [4.78, 5) is 25.1. The van der Waals surface area contributed by atoms with Gasteiger partial charge in [0.25, 0.3) is 11.8 Å². The van der Waals surface area contributed by atoms with Gasteiger partial charge in [0.05, 0.1) is 16.8 Å². The third kappa shape index (κ3) is 4.14. The summed E-state index contributed by atoms with van der Waals surface area (Å²) in [5.74, 6) is -0.659. The molecule has 132 valence electrons. The summed E-state index contributed by atoms with van der Waals surface area (Å²) < 4.78 is 0.681. The van der Waals surface area contributed by atoms with Crippen LogP contribution >= 0.6 is 27.3 Å². The van der Waals surface area contributed by atoms with Gasteiger partial charge in [0.1, 0.15) is 5.01 Å². The number of rotatable bonds is 5. The highest BCUT2D eigenvalue weighted by Crippen LogP contribution is 2.22. The van der Waals surface area contributed by atoms with Crippen molar-refractivity contribution in [3.05, 3.63) is 69.1 Å². The number of nitrogens with zero attached hydrogens (tertiary/aromatic N) is 2. The maximum absolute atomic E-state index is 12.6. The number of para-hydroxylation sites is 1. The summed E-state index contributed by atoms with van der Waals surface area (Å²) in [6.07, 6.45) is 0.756. The third-order valence-corrected chi connectivity index (χ3v) is 5.20. The van der Waals surface area contributed by atoms with Gasteiger partial charge in [0.15, 0.2) is 0 Å². The number of hydrogen-bond donors (Lipinski definition) is 2. The first kappa shape index (κ1) is 18.2. The fraction of sp³-hybridized carbons (Fsp3) is 0.111. The highest BCUT2D eigenvalue weighted by Gasteiger charge is 2.16. The van der Waals surface area contributed by atoms with Gasteiger partial charge in [-0.2, -0.15) is 0 Å². The number of amides is 2. The van der Waals surface area contributed by atoms with Crippen LogP contribution in [0.15, 0.2) is 53.0 Å². The second kappa shape index (κ2) is 8.20. The first-order chi connectivity index (χ1) is 12.6. The van der Waals surface area contributed by atoms with Crippen molar-refractivity contribution < 1.29 is 9.59 Å². The average molecular weight is 431 g/mol. The molecule has 0 unspecified atom stereocenters. The summed E-state index contributed by atoms with van der Waals surface area (Å²) in [6.45, 7) is 1.97. The van der Waals surface area contributed by atoms with E-state index in [0.717, 1.165) is 11.4 Å². The fourth-order valence-corrected chi connectivity index (χ4v) is 3.38. The Morgan fingerprint density at radius 3 is 2.31 bits per heavy atom. The first-order valence-corrected chi connectivity index (χ1v) is 9.48. The average Bonchev–Trinajstić information content (AvgIpc) is 3.10. The van der Waals surface area contributed by atoms with Crippen LogP contribution in [0.1, 0.15) is 32.6 Å². The summed E-state index contributed by atoms with van der Waals surface area (Å²) in [7, 11) is 0. The molecule has 0 bridgehead atoms. The molecule has 0 atom stereocenters. The Balaban J connectivity index is 1.80. The van der Waals surface area contributed by atoms with E-state index in [-0.39, 0.29) is 11.8 Å². The molecule has 0 fully saturated rings. The van der Waals surface area contributed by atoms with Gasteiger partial charge in [-0.1, -0.05) is 42.5 Å². The summed E-state index contributed by atoms with van der Waals surface area (Å²) in [6, 6.07) is 13.9. The lowest BCUT2D eigenvalue weighted by atomic mass is 10.1. The van der Waals surface area contributed by atoms with E-state index in [2.05, 4.69) is 36.8 Å². The monoisotopic (exact) mass is 430 g/mol. The van der Waals surface area contributed by atoms with Gasteiger partial charge in [-0.05, 0) is 46.6 Å². The van der Waals surface area contributed by atoms with E-state index in [4.69, 9.17) is 0 Å². The largest absolute Gasteiger partial charge is 0.321 e. The van der Waals surface area contributed by atoms with Gasteiger partial charge in [0, 0.05) is 4.47 Å². The minimum atomic E-state index is -0.355. The maximum Gasteiger partial charge on any atom is 0.259 e. The number of aryl methyl sites for hydroxylation is 1. The topological polar surface area (TPSA) is 84.0 Å². The van der Waals surface area contributed by atoms with E-state index in [1.807, 2.05) is 13.0 Å². The SMILES string of the molecule is CCc1nnc(NC(=O)c2ccccc2NC(=O)c2ccccc2Br)s1. The molecule has 1 aromatic heterocycles. The van der Waals surface area contributed by atoms with Crippen LogP contribution in [0.5, 0.6) is 0 Å². The minimum absolute atomic E-state index is 0.304. The molecule has 3 aromatic rings. The number of aromatic nitrogens is 2. The van der Waals surface area contributed by atoms with Crippen LogP contribution in [0.25, 0.3) is 0 Å². The second-order valence-corrected chi connectivity index (χ2v) is 7.20. The molecule has 1 heterocycles. The maximum atomic E-state index is 12.6. The Hall–Kier alpha value is -2.58. The van der Waals surface area contributed by atoms with Crippen molar-refractivity contribution in [3.63, 3.8) is 0 Å². The molecule has 0 aliphatic carbocycles. The molecule has 0 spiro atoms. The molecular formula is C18H15BrN4O2S. The first-order valence-electron chi connectivity index (χ1n) is 7.87. The highest BCUT2D eigenvalue weighted by molar-refractivity contribution is 9.10. The lowest BCUT2D eigenvalue weighted by Gasteiger charge is -2.11. The van der Waals surface area contributed by atoms with Crippen molar-refractivity contribution in [2.75, 3.05) is 10.6 Å². The standard InChI is InChI=1S/C18H15BrN4O2S/c1-2-15-22-23-18(26-15)21-17(25)12-8-4-6-10-14(12)20-16(24)11-7-3-5-9-13(11)19/h3-10H,2H2,1H3,(H,20,24)(H,21,23,25). The normalized spacial score (nSPS) is 10.4. The van der Waals surface area contributed by atoms with Crippen molar-refractivity contribution in [2.45, 2.75) is 13.3 Å². The van der Waals surface area contributed by atoms with Gasteiger partial charge in [-0.3, -0.25) is 14.9 Å². The highest BCUT2D eigenvalue weighted by atomic mass is 79.9. The number of benzene rings is 2. The van der Waals surface area contributed by atoms with Crippen molar-refractivity contribution in [3.8, 4) is 0 Å². The van der Waals surface area contributed by atoms with E-state index in [1.165, 1.54) is 11.3 Å². The third-order valence-electron chi connectivity index (χ3n) is 3.53. The Labute approximate surface area is 162 Å². The van der Waals surface area contributed by atoms with E-state index in [1.54, 1.807) is 42.5 Å². The number of anilines is 2. The molecule has 0 saturated carbocycles. The molecule has 0 radical (unpaired) electrons.